The number of alkyl halides is 6. The third kappa shape index (κ3) is 4.65. The van der Waals surface area contributed by atoms with Gasteiger partial charge in [0.05, 0.1) is 17.2 Å². The molecule has 1 aromatic carbocycles. The van der Waals surface area contributed by atoms with Crippen LogP contribution >= 0.6 is 11.6 Å². The van der Waals surface area contributed by atoms with Crippen LogP contribution in [0.3, 0.4) is 0 Å². The molecule has 0 radical (unpaired) electrons. The van der Waals surface area contributed by atoms with Crippen LogP contribution in [-0.4, -0.2) is 39.7 Å². The highest BCUT2D eigenvalue weighted by Gasteiger charge is 2.43. The van der Waals surface area contributed by atoms with Crippen molar-refractivity contribution in [2.75, 3.05) is 30.4 Å². The van der Waals surface area contributed by atoms with Gasteiger partial charge < -0.3 is 20.4 Å². The van der Waals surface area contributed by atoms with Crippen molar-refractivity contribution >= 4 is 34.1 Å². The number of nitrogens with zero attached hydrogens (tertiary/aromatic N) is 4. The first-order chi connectivity index (χ1) is 16.9. The topological polar surface area (TPSA) is 93.0 Å². The number of rotatable bonds is 3. The maximum atomic E-state index is 13.4. The average molecular weight is 535 g/mol. The fourth-order valence-electron chi connectivity index (χ4n) is 5.00. The van der Waals surface area contributed by atoms with Gasteiger partial charge in [-0.3, -0.25) is 0 Å². The Morgan fingerprint density at radius 3 is 2.39 bits per heavy atom. The Morgan fingerprint density at radius 1 is 1.08 bits per heavy atom. The third-order valence-corrected chi connectivity index (χ3v) is 6.77. The number of aromatic amines is 1. The molecule has 0 aliphatic carbocycles. The normalized spacial score (nSPS) is 21.1. The van der Waals surface area contributed by atoms with Crippen LogP contribution in [0, 0.1) is 5.92 Å². The largest absolute Gasteiger partial charge is 0.451 e. The van der Waals surface area contributed by atoms with Gasteiger partial charge in [0.25, 0.3) is 0 Å². The van der Waals surface area contributed by atoms with Crippen molar-refractivity contribution in [3.05, 3.63) is 40.1 Å². The van der Waals surface area contributed by atoms with Gasteiger partial charge in [-0.1, -0.05) is 11.6 Å². The fraction of sp³-hybridized carbons (Fsp3) is 0.500. The molecule has 5 rings (SSSR count). The zero-order valence-corrected chi connectivity index (χ0v) is 19.4. The first-order valence-corrected chi connectivity index (χ1v) is 11.6. The Hall–Kier alpha value is -2.80. The molecule has 1 saturated heterocycles. The van der Waals surface area contributed by atoms with Crippen LogP contribution in [-0.2, 0) is 23.5 Å². The van der Waals surface area contributed by atoms with E-state index in [-0.39, 0.29) is 12.5 Å². The zero-order chi connectivity index (χ0) is 25.8. The maximum absolute atomic E-state index is 13.4. The molecule has 0 spiro atoms. The van der Waals surface area contributed by atoms with E-state index < -0.39 is 36.0 Å². The highest BCUT2D eigenvalue weighted by molar-refractivity contribution is 6.32. The minimum Gasteiger partial charge on any atom is -0.397 e. The van der Waals surface area contributed by atoms with Gasteiger partial charge >= 0.3 is 12.4 Å². The molecule has 0 bridgehead atoms. The molecular weight excluding hydrogens is 514 g/mol. The summed E-state index contributed by atoms with van der Waals surface area (Å²) in [6.07, 6.45) is -8.04. The van der Waals surface area contributed by atoms with E-state index in [1.165, 1.54) is 4.90 Å². The number of ether oxygens (including phenoxy) is 1. The Labute approximate surface area is 206 Å². The number of benzene rings is 1. The van der Waals surface area contributed by atoms with Crippen LogP contribution in [0.25, 0.3) is 10.9 Å². The van der Waals surface area contributed by atoms with Crippen molar-refractivity contribution in [2.45, 2.75) is 44.1 Å². The molecule has 3 N–H and O–H groups in total. The minimum atomic E-state index is -5.18. The molecule has 3 aromatic rings. The molecule has 0 amide bonds. The zero-order valence-electron chi connectivity index (χ0n) is 18.7. The molecule has 4 heterocycles. The first-order valence-electron chi connectivity index (χ1n) is 11.3. The van der Waals surface area contributed by atoms with Crippen molar-refractivity contribution in [2.24, 2.45) is 5.92 Å². The number of hydrogen-bond donors (Lipinski definition) is 2. The fourth-order valence-corrected chi connectivity index (χ4v) is 5.23. The van der Waals surface area contributed by atoms with Crippen LogP contribution in [0.5, 0.6) is 0 Å². The second kappa shape index (κ2) is 8.94. The number of halogens is 7. The summed E-state index contributed by atoms with van der Waals surface area (Å²) in [7, 11) is 0. The number of nitrogen functional groups attached to an aromatic ring is 1. The van der Waals surface area contributed by atoms with E-state index in [0.29, 0.717) is 48.0 Å². The van der Waals surface area contributed by atoms with Gasteiger partial charge in [-0.15, -0.1) is 0 Å². The van der Waals surface area contributed by atoms with E-state index in [1.807, 2.05) is 0 Å². The molecule has 2 aromatic heterocycles. The van der Waals surface area contributed by atoms with Gasteiger partial charge in [0.1, 0.15) is 0 Å². The Balaban J connectivity index is 1.65. The number of anilines is 2. The molecule has 14 heteroatoms. The number of H-pyrrole nitrogens is 1. The summed E-state index contributed by atoms with van der Waals surface area (Å²) in [5.41, 5.74) is 8.64. The number of aromatic nitrogens is 4. The smallest absolute Gasteiger partial charge is 0.397 e. The van der Waals surface area contributed by atoms with Crippen LogP contribution < -0.4 is 10.6 Å². The van der Waals surface area contributed by atoms with E-state index in [4.69, 9.17) is 22.1 Å². The van der Waals surface area contributed by atoms with Gasteiger partial charge in [0.15, 0.2) is 0 Å². The number of fused-ring (bicyclic) bond motifs is 3. The van der Waals surface area contributed by atoms with Crippen molar-refractivity contribution in [1.82, 2.24) is 19.9 Å². The maximum Gasteiger partial charge on any atom is 0.451 e. The lowest BCUT2D eigenvalue weighted by molar-refractivity contribution is -0.155. The highest BCUT2D eigenvalue weighted by Crippen LogP contribution is 2.43. The molecule has 0 saturated carbocycles. The van der Waals surface area contributed by atoms with E-state index in [2.05, 4.69) is 19.9 Å². The summed E-state index contributed by atoms with van der Waals surface area (Å²) in [6.45, 7) is 1.13. The number of hydrogen-bond acceptors (Lipinski definition) is 6. The van der Waals surface area contributed by atoms with Gasteiger partial charge in [0, 0.05) is 35.9 Å². The van der Waals surface area contributed by atoms with Gasteiger partial charge in [0.2, 0.25) is 17.6 Å². The van der Waals surface area contributed by atoms with Crippen molar-refractivity contribution < 1.29 is 31.1 Å². The molecule has 0 unspecified atom stereocenters. The average Bonchev–Trinajstić information content (AvgIpc) is 3.18. The van der Waals surface area contributed by atoms with Gasteiger partial charge in [-0.25, -0.2) is 4.98 Å². The van der Waals surface area contributed by atoms with Crippen LogP contribution in [0.1, 0.15) is 48.2 Å². The molecule has 1 fully saturated rings. The van der Waals surface area contributed by atoms with E-state index in [9.17, 15) is 26.3 Å². The van der Waals surface area contributed by atoms with Crippen LogP contribution in [0.2, 0.25) is 5.02 Å². The lowest BCUT2D eigenvalue weighted by atomic mass is 9.88. The van der Waals surface area contributed by atoms with Crippen LogP contribution in [0.15, 0.2) is 12.1 Å². The molecule has 194 valence electrons. The van der Waals surface area contributed by atoms with E-state index in [1.54, 1.807) is 12.1 Å². The lowest BCUT2D eigenvalue weighted by Gasteiger charge is -2.38. The monoisotopic (exact) mass is 534 g/mol. The molecule has 7 nitrogen and oxygen atoms in total. The highest BCUT2D eigenvalue weighted by atomic mass is 35.5. The predicted molar refractivity (Wildman–Crippen MR) is 120 cm³/mol. The summed E-state index contributed by atoms with van der Waals surface area (Å²) in [5, 5.41) is 1.19. The van der Waals surface area contributed by atoms with Crippen LogP contribution in [0.4, 0.5) is 38.0 Å². The quantitative estimate of drug-likeness (QED) is 0.338. The van der Waals surface area contributed by atoms with Crippen molar-refractivity contribution in [3.63, 3.8) is 0 Å². The lowest BCUT2D eigenvalue weighted by Crippen LogP contribution is -2.39. The summed E-state index contributed by atoms with van der Waals surface area (Å²) in [4.78, 5) is 14.2. The van der Waals surface area contributed by atoms with E-state index >= 15 is 0 Å². The van der Waals surface area contributed by atoms with Crippen molar-refractivity contribution in [3.8, 4) is 0 Å². The molecular formula is C22H21ClF6N6O. The third-order valence-electron chi connectivity index (χ3n) is 6.55. The Bertz CT molecular complexity index is 1250. The summed E-state index contributed by atoms with van der Waals surface area (Å²) in [5.74, 6) is -4.42. The van der Waals surface area contributed by atoms with Gasteiger partial charge in [-0.2, -0.15) is 36.3 Å². The standard InChI is InChI=1S/C22H21ClF6N6O/c23-11-7-13-12-3-4-35(20-33-18(21(24,25)26)32-19(34-20)22(27,28)29)15(6-10-2-1-5-36-9-10)17(12)31-16(13)14(30)8-11/h7-8,10,15,31H,1-6,9,30H2/t10-,15-/m0/s1. The predicted octanol–water partition coefficient (Wildman–Crippen LogP) is 5.55. The second-order valence-electron chi connectivity index (χ2n) is 8.99. The summed E-state index contributed by atoms with van der Waals surface area (Å²) >= 11 is 6.20. The minimum absolute atomic E-state index is 0.0376. The summed E-state index contributed by atoms with van der Waals surface area (Å²) < 4.78 is 86.2. The first kappa shape index (κ1) is 24.9. The molecule has 2 aliphatic rings. The second-order valence-corrected chi connectivity index (χ2v) is 9.43. The van der Waals surface area contributed by atoms with Crippen molar-refractivity contribution in [1.29, 1.82) is 0 Å². The Morgan fingerprint density at radius 2 is 1.78 bits per heavy atom. The molecule has 36 heavy (non-hydrogen) atoms. The van der Waals surface area contributed by atoms with Gasteiger partial charge in [-0.05, 0) is 49.3 Å². The number of nitrogens with two attached hydrogens (primary N) is 1. The summed E-state index contributed by atoms with van der Waals surface area (Å²) in [6, 6.07) is 2.67. The number of nitrogens with one attached hydrogen (secondary N) is 1. The SMILES string of the molecule is Nc1cc(Cl)cc2c3c([nH]c12)[C@H](C[C@@H]1CCCOC1)N(c1nc(C(F)(F)F)nc(C(F)(F)F)n1)CC3. The molecule has 2 atom stereocenters. The Kier molecular flexibility index (Phi) is 6.18. The van der Waals surface area contributed by atoms with E-state index in [0.717, 1.165) is 23.8 Å². The molecule has 2 aliphatic heterocycles.